The van der Waals surface area contributed by atoms with Gasteiger partial charge in [-0.25, -0.2) is 0 Å². The molecular formula is C7H15NO4. The topological polar surface area (TPSA) is 83.8 Å². The summed E-state index contributed by atoms with van der Waals surface area (Å²) < 4.78 is -0.709. The first-order valence-electron chi connectivity index (χ1n) is 3.96. The van der Waals surface area contributed by atoms with Gasteiger partial charge >= 0.3 is 0 Å². The lowest BCUT2D eigenvalue weighted by molar-refractivity contribution is -0.899. The number of hydroxylamine groups is 3. The van der Waals surface area contributed by atoms with E-state index in [1.807, 2.05) is 0 Å². The number of likely N-dealkylation sites (N-methyl/N-ethyl adjacent to an activating group) is 1. The van der Waals surface area contributed by atoms with Crippen molar-refractivity contribution in [1.29, 1.82) is 0 Å². The summed E-state index contributed by atoms with van der Waals surface area (Å²) >= 11 is 0. The van der Waals surface area contributed by atoms with E-state index >= 15 is 0 Å². The first-order chi connectivity index (χ1) is 5.36. The molecule has 0 amide bonds. The fraction of sp³-hybridized carbons (Fsp3) is 1.00. The van der Waals surface area contributed by atoms with E-state index in [1.54, 1.807) is 6.92 Å². The second-order valence-corrected chi connectivity index (χ2v) is 3.65. The molecule has 12 heavy (non-hydrogen) atoms. The third kappa shape index (κ3) is 1.46. The largest absolute Gasteiger partial charge is 0.633 e. The van der Waals surface area contributed by atoms with Crippen LogP contribution in [0.15, 0.2) is 0 Å². The number of aliphatic hydroxyl groups is 3. The Morgan fingerprint density at radius 3 is 2.25 bits per heavy atom. The Bertz CT molecular complexity index is 173. The molecule has 1 aliphatic rings. The smallest absolute Gasteiger partial charge is 0.134 e. The quantitative estimate of drug-likeness (QED) is 0.308. The van der Waals surface area contributed by atoms with Gasteiger partial charge in [0.15, 0.2) is 0 Å². The van der Waals surface area contributed by atoms with Gasteiger partial charge in [-0.1, -0.05) is 0 Å². The van der Waals surface area contributed by atoms with E-state index in [2.05, 4.69) is 0 Å². The molecule has 3 N–H and O–H groups in total. The molecular weight excluding hydrogens is 162 g/mol. The minimum absolute atomic E-state index is 0.0700. The van der Waals surface area contributed by atoms with Crippen LogP contribution in [0.2, 0.25) is 0 Å². The first-order valence-corrected chi connectivity index (χ1v) is 3.96. The predicted molar refractivity (Wildman–Crippen MR) is 41.9 cm³/mol. The molecule has 0 aromatic rings. The Hall–Kier alpha value is -0.200. The third-order valence-electron chi connectivity index (χ3n) is 2.65. The van der Waals surface area contributed by atoms with Gasteiger partial charge in [0, 0.05) is 0 Å². The number of rotatable bonds is 0. The van der Waals surface area contributed by atoms with Crippen molar-refractivity contribution in [2.75, 3.05) is 13.6 Å². The Balaban J connectivity index is 2.78. The lowest BCUT2D eigenvalue weighted by Gasteiger charge is -2.51. The van der Waals surface area contributed by atoms with E-state index in [9.17, 15) is 20.5 Å². The number of likely N-dealkylation sites (tertiary alicyclic amines) is 1. The normalized spacial score (nSPS) is 55.5. The molecule has 72 valence electrons. The standard InChI is InChI=1S/C7H15NO4/c1-4-6(10)7(11)5(9)3-8(4,2)12/h4-7,9-11H,3H2,1-2H3/t4-,5+,6-,7-,8?/m1/s1. The first kappa shape index (κ1) is 9.88. The van der Waals surface area contributed by atoms with Crippen molar-refractivity contribution in [3.05, 3.63) is 5.21 Å². The van der Waals surface area contributed by atoms with Crippen LogP contribution in [0.3, 0.4) is 0 Å². The van der Waals surface area contributed by atoms with E-state index < -0.39 is 29.0 Å². The highest BCUT2D eigenvalue weighted by Crippen LogP contribution is 2.23. The zero-order valence-electron chi connectivity index (χ0n) is 7.21. The van der Waals surface area contributed by atoms with Crippen LogP contribution in [0, 0.1) is 5.21 Å². The van der Waals surface area contributed by atoms with E-state index in [0.29, 0.717) is 0 Å². The van der Waals surface area contributed by atoms with Crippen molar-refractivity contribution in [2.45, 2.75) is 31.3 Å². The summed E-state index contributed by atoms with van der Waals surface area (Å²) in [5, 5.41) is 39.2. The third-order valence-corrected chi connectivity index (χ3v) is 2.65. The summed E-state index contributed by atoms with van der Waals surface area (Å²) in [6.45, 7) is 1.49. The highest BCUT2D eigenvalue weighted by molar-refractivity contribution is 4.85. The van der Waals surface area contributed by atoms with Crippen LogP contribution in [0.25, 0.3) is 0 Å². The van der Waals surface area contributed by atoms with Crippen LogP contribution >= 0.6 is 0 Å². The molecule has 1 rings (SSSR count). The van der Waals surface area contributed by atoms with E-state index in [-0.39, 0.29) is 6.54 Å². The maximum atomic E-state index is 11.5. The van der Waals surface area contributed by atoms with Crippen molar-refractivity contribution in [2.24, 2.45) is 0 Å². The summed E-state index contributed by atoms with van der Waals surface area (Å²) in [6, 6.07) is -0.594. The Morgan fingerprint density at radius 2 is 1.75 bits per heavy atom. The minimum Gasteiger partial charge on any atom is -0.633 e. The lowest BCUT2D eigenvalue weighted by atomic mass is 9.95. The Kier molecular flexibility index (Phi) is 2.42. The van der Waals surface area contributed by atoms with Gasteiger partial charge in [-0.05, 0) is 6.92 Å². The second-order valence-electron chi connectivity index (χ2n) is 3.65. The number of hydrogen-bond donors (Lipinski definition) is 3. The van der Waals surface area contributed by atoms with Crippen molar-refractivity contribution < 1.29 is 20.0 Å². The average molecular weight is 177 g/mol. The molecule has 5 atom stereocenters. The molecule has 1 fully saturated rings. The SMILES string of the molecule is C[C@@H]1[C@@H](O)[C@H](O)[C@@H](O)C[N+]1(C)[O-]. The van der Waals surface area contributed by atoms with Crippen molar-refractivity contribution >= 4 is 0 Å². The van der Waals surface area contributed by atoms with E-state index in [4.69, 9.17) is 0 Å². The number of aliphatic hydroxyl groups excluding tert-OH is 3. The van der Waals surface area contributed by atoms with Crippen molar-refractivity contribution in [1.82, 2.24) is 0 Å². The average Bonchev–Trinajstić information content (AvgIpc) is 1.97. The highest BCUT2D eigenvalue weighted by atomic mass is 16.6. The number of piperidine rings is 1. The van der Waals surface area contributed by atoms with Crippen molar-refractivity contribution in [3.8, 4) is 0 Å². The Labute approximate surface area is 71.0 Å². The minimum atomic E-state index is -1.19. The summed E-state index contributed by atoms with van der Waals surface area (Å²) in [4.78, 5) is 0. The molecule has 0 spiro atoms. The maximum Gasteiger partial charge on any atom is 0.134 e. The molecule has 1 aliphatic heterocycles. The number of quaternary nitrogens is 1. The fourth-order valence-electron chi connectivity index (χ4n) is 1.48. The van der Waals surface area contributed by atoms with Crippen molar-refractivity contribution in [3.63, 3.8) is 0 Å². The molecule has 5 heteroatoms. The second kappa shape index (κ2) is 2.93. The molecule has 0 aliphatic carbocycles. The van der Waals surface area contributed by atoms with Gasteiger partial charge in [0.1, 0.15) is 30.9 Å². The van der Waals surface area contributed by atoms with Crippen LogP contribution in [0.4, 0.5) is 0 Å². The molecule has 1 unspecified atom stereocenters. The van der Waals surface area contributed by atoms with Crippen LogP contribution < -0.4 is 0 Å². The Morgan fingerprint density at radius 1 is 1.25 bits per heavy atom. The predicted octanol–water partition coefficient (Wildman–Crippen LogP) is -1.58. The van der Waals surface area contributed by atoms with Crippen LogP contribution in [-0.4, -0.2) is 57.9 Å². The molecule has 0 bridgehead atoms. The molecule has 0 aromatic heterocycles. The maximum absolute atomic E-state index is 11.5. The van der Waals surface area contributed by atoms with E-state index in [0.717, 1.165) is 0 Å². The van der Waals surface area contributed by atoms with Crippen LogP contribution in [-0.2, 0) is 0 Å². The van der Waals surface area contributed by atoms with E-state index in [1.165, 1.54) is 7.05 Å². The van der Waals surface area contributed by atoms with Crippen LogP contribution in [0.5, 0.6) is 0 Å². The molecule has 1 saturated heterocycles. The van der Waals surface area contributed by atoms with Gasteiger partial charge in [0.05, 0.1) is 7.05 Å². The van der Waals surface area contributed by atoms with Gasteiger partial charge in [0.25, 0.3) is 0 Å². The zero-order chi connectivity index (χ0) is 9.52. The van der Waals surface area contributed by atoms with Gasteiger partial charge in [0.2, 0.25) is 0 Å². The summed E-state index contributed by atoms with van der Waals surface area (Å²) in [5.41, 5.74) is 0. The lowest BCUT2D eigenvalue weighted by Crippen LogP contribution is -2.66. The monoisotopic (exact) mass is 177 g/mol. The highest BCUT2D eigenvalue weighted by Gasteiger charge is 2.43. The molecule has 0 saturated carbocycles. The summed E-state index contributed by atoms with van der Waals surface area (Å²) in [7, 11) is 1.38. The zero-order valence-corrected chi connectivity index (χ0v) is 7.21. The molecule has 0 radical (unpaired) electrons. The molecule has 0 aromatic carbocycles. The summed E-state index contributed by atoms with van der Waals surface area (Å²) in [6.07, 6.45) is -3.46. The van der Waals surface area contributed by atoms with Gasteiger partial charge in [-0.2, -0.15) is 0 Å². The number of nitrogens with zero attached hydrogens (tertiary/aromatic N) is 1. The van der Waals surface area contributed by atoms with Gasteiger partial charge in [-0.15, -0.1) is 0 Å². The van der Waals surface area contributed by atoms with Crippen LogP contribution in [0.1, 0.15) is 6.92 Å². The van der Waals surface area contributed by atoms with Gasteiger partial charge in [-0.3, -0.25) is 0 Å². The molecule has 5 nitrogen and oxygen atoms in total. The van der Waals surface area contributed by atoms with Gasteiger partial charge < -0.3 is 25.2 Å². The summed E-state index contributed by atoms with van der Waals surface area (Å²) in [5.74, 6) is 0. The number of hydrogen-bond acceptors (Lipinski definition) is 4. The fourth-order valence-corrected chi connectivity index (χ4v) is 1.48. The molecule has 1 heterocycles.